The van der Waals surface area contributed by atoms with Gasteiger partial charge in [-0.1, -0.05) is 18.2 Å². The molecule has 1 heterocycles. The lowest BCUT2D eigenvalue weighted by Crippen LogP contribution is -2.44. The summed E-state index contributed by atoms with van der Waals surface area (Å²) in [5, 5.41) is 2.65. The van der Waals surface area contributed by atoms with Gasteiger partial charge in [0.2, 0.25) is 5.91 Å². The van der Waals surface area contributed by atoms with Crippen LogP contribution in [0, 0.1) is 12.7 Å². The topological polar surface area (TPSA) is 71.1 Å². The van der Waals surface area contributed by atoms with Crippen molar-refractivity contribution in [2.75, 3.05) is 39.2 Å². The first-order valence-corrected chi connectivity index (χ1v) is 12.6. The normalized spacial score (nSPS) is 10.5. The highest BCUT2D eigenvalue weighted by molar-refractivity contribution is 7.11. The van der Waals surface area contributed by atoms with Gasteiger partial charge >= 0.3 is 6.03 Å². The second-order valence-corrected chi connectivity index (χ2v) is 9.75. The number of nitrogens with one attached hydrogen (secondary N) is 1. The van der Waals surface area contributed by atoms with Gasteiger partial charge in [-0.2, -0.15) is 0 Å². The second-order valence-electron chi connectivity index (χ2n) is 8.38. The SMILES string of the molecule is C=CCN(CC(=O)N(CCc1ccc(OC)c(OC)c1)Cc1ccc(C)s1)C(=O)Nc1cccc(F)c1. The number of benzene rings is 2. The minimum Gasteiger partial charge on any atom is -0.493 e. The molecule has 3 aromatic rings. The number of carbonyl (C=O) groups is 2. The fourth-order valence-corrected chi connectivity index (χ4v) is 4.66. The molecular formula is C28H32FN3O4S. The zero-order chi connectivity index (χ0) is 26.8. The summed E-state index contributed by atoms with van der Waals surface area (Å²) in [5.41, 5.74) is 1.30. The number of ether oxygens (including phenoxy) is 2. The number of hydrogen-bond donors (Lipinski definition) is 1. The van der Waals surface area contributed by atoms with E-state index in [2.05, 4.69) is 11.9 Å². The molecule has 0 saturated heterocycles. The number of methoxy groups -OCH3 is 2. The molecule has 7 nitrogen and oxygen atoms in total. The Hall–Kier alpha value is -3.85. The average molecular weight is 526 g/mol. The van der Waals surface area contributed by atoms with Crippen molar-refractivity contribution in [2.24, 2.45) is 0 Å². The van der Waals surface area contributed by atoms with Crippen LogP contribution in [0.15, 0.2) is 67.3 Å². The van der Waals surface area contributed by atoms with Crippen molar-refractivity contribution in [3.8, 4) is 11.5 Å². The summed E-state index contributed by atoms with van der Waals surface area (Å²) in [7, 11) is 3.17. The number of amides is 3. The van der Waals surface area contributed by atoms with E-state index >= 15 is 0 Å². The van der Waals surface area contributed by atoms with Gasteiger partial charge in [0, 0.05) is 28.5 Å². The lowest BCUT2D eigenvalue weighted by Gasteiger charge is -2.27. The van der Waals surface area contributed by atoms with Crippen molar-refractivity contribution in [1.29, 1.82) is 0 Å². The van der Waals surface area contributed by atoms with Gasteiger partial charge < -0.3 is 24.6 Å². The quantitative estimate of drug-likeness (QED) is 0.317. The molecule has 9 heteroatoms. The number of halogens is 1. The van der Waals surface area contributed by atoms with Crippen LogP contribution in [-0.2, 0) is 17.8 Å². The van der Waals surface area contributed by atoms with Crippen molar-refractivity contribution in [1.82, 2.24) is 9.80 Å². The Kier molecular flexibility index (Phi) is 10.1. The highest BCUT2D eigenvalue weighted by Crippen LogP contribution is 2.28. The molecule has 1 N–H and O–H groups in total. The maximum absolute atomic E-state index is 13.6. The summed E-state index contributed by atoms with van der Waals surface area (Å²) in [4.78, 5) is 31.7. The average Bonchev–Trinajstić information content (AvgIpc) is 3.30. The molecule has 3 amide bonds. The summed E-state index contributed by atoms with van der Waals surface area (Å²) < 4.78 is 24.3. The van der Waals surface area contributed by atoms with E-state index < -0.39 is 11.8 Å². The van der Waals surface area contributed by atoms with E-state index in [4.69, 9.17) is 9.47 Å². The van der Waals surface area contributed by atoms with Crippen molar-refractivity contribution < 1.29 is 23.5 Å². The van der Waals surface area contributed by atoms with E-state index in [9.17, 15) is 14.0 Å². The third kappa shape index (κ3) is 8.08. The maximum Gasteiger partial charge on any atom is 0.322 e. The lowest BCUT2D eigenvalue weighted by molar-refractivity contribution is -0.132. The molecule has 196 valence electrons. The zero-order valence-corrected chi connectivity index (χ0v) is 22.1. The van der Waals surface area contributed by atoms with Crippen LogP contribution in [-0.4, -0.2) is 55.6 Å². The number of nitrogens with zero attached hydrogens (tertiary/aromatic N) is 2. The Bertz CT molecular complexity index is 1230. The molecule has 0 unspecified atom stereocenters. The number of urea groups is 1. The molecule has 0 aliphatic rings. The molecule has 37 heavy (non-hydrogen) atoms. The molecule has 0 fully saturated rings. The third-order valence-corrected chi connectivity index (χ3v) is 6.64. The van der Waals surface area contributed by atoms with Crippen molar-refractivity contribution >= 4 is 29.0 Å². The van der Waals surface area contributed by atoms with E-state index in [1.807, 2.05) is 37.3 Å². The summed E-state index contributed by atoms with van der Waals surface area (Å²) in [6.07, 6.45) is 2.14. The molecule has 0 saturated carbocycles. The van der Waals surface area contributed by atoms with E-state index in [1.54, 1.807) is 42.6 Å². The van der Waals surface area contributed by atoms with Crippen molar-refractivity contribution in [2.45, 2.75) is 19.9 Å². The van der Waals surface area contributed by atoms with Crippen molar-refractivity contribution in [3.63, 3.8) is 0 Å². The van der Waals surface area contributed by atoms with Crippen LogP contribution in [0.4, 0.5) is 14.9 Å². The van der Waals surface area contributed by atoms with Crippen LogP contribution in [0.2, 0.25) is 0 Å². The van der Waals surface area contributed by atoms with Gasteiger partial charge in [0.25, 0.3) is 0 Å². The molecular weight excluding hydrogens is 493 g/mol. The van der Waals surface area contributed by atoms with Crippen LogP contribution in [0.25, 0.3) is 0 Å². The van der Waals surface area contributed by atoms with Crippen LogP contribution in [0.1, 0.15) is 15.3 Å². The van der Waals surface area contributed by atoms with Crippen LogP contribution in [0.3, 0.4) is 0 Å². The van der Waals surface area contributed by atoms with E-state index in [1.165, 1.54) is 23.1 Å². The van der Waals surface area contributed by atoms with Gasteiger partial charge in [-0.15, -0.1) is 17.9 Å². The highest BCUT2D eigenvalue weighted by Gasteiger charge is 2.22. The first kappa shape index (κ1) is 27.7. The first-order chi connectivity index (χ1) is 17.8. The monoisotopic (exact) mass is 525 g/mol. The van der Waals surface area contributed by atoms with E-state index in [0.29, 0.717) is 36.7 Å². The number of rotatable bonds is 12. The first-order valence-electron chi connectivity index (χ1n) is 11.8. The van der Waals surface area contributed by atoms with Gasteiger partial charge in [0.15, 0.2) is 11.5 Å². The largest absolute Gasteiger partial charge is 0.493 e. The minimum atomic E-state index is -0.509. The summed E-state index contributed by atoms with van der Waals surface area (Å²) in [6, 6.07) is 14.8. The minimum absolute atomic E-state index is 0.149. The van der Waals surface area contributed by atoms with Gasteiger partial charge in [-0.3, -0.25) is 4.79 Å². The maximum atomic E-state index is 13.6. The standard InChI is InChI=1S/C28H32FN3O4S/c1-5-14-32(28(34)30-23-8-6-7-22(29)17-23)19-27(33)31(18-24-11-9-20(2)37-24)15-13-21-10-12-25(35-3)26(16-21)36-4/h5-12,16-17H,1,13-15,18-19H2,2-4H3,(H,30,34). The molecule has 0 aliphatic carbocycles. The molecule has 0 aliphatic heterocycles. The lowest BCUT2D eigenvalue weighted by atomic mass is 10.1. The second kappa shape index (κ2) is 13.5. The Morgan fingerprint density at radius 1 is 1.05 bits per heavy atom. The summed E-state index contributed by atoms with van der Waals surface area (Å²) in [5.74, 6) is 0.593. The Balaban J connectivity index is 1.74. The number of hydrogen-bond acceptors (Lipinski definition) is 5. The van der Waals surface area contributed by atoms with E-state index in [-0.39, 0.29) is 19.0 Å². The molecule has 1 aromatic heterocycles. The highest BCUT2D eigenvalue weighted by atomic mass is 32.1. The van der Waals surface area contributed by atoms with Crippen LogP contribution < -0.4 is 14.8 Å². The molecule has 0 spiro atoms. The van der Waals surface area contributed by atoms with Gasteiger partial charge in [-0.25, -0.2) is 9.18 Å². The summed E-state index contributed by atoms with van der Waals surface area (Å²) >= 11 is 1.63. The molecule has 0 bridgehead atoms. The Morgan fingerprint density at radius 2 is 1.84 bits per heavy atom. The predicted molar refractivity (Wildman–Crippen MR) is 145 cm³/mol. The Morgan fingerprint density at radius 3 is 2.49 bits per heavy atom. The Labute approximate surface area is 221 Å². The molecule has 2 aromatic carbocycles. The molecule has 3 rings (SSSR count). The summed E-state index contributed by atoms with van der Waals surface area (Å²) in [6.45, 7) is 6.61. The van der Waals surface area contributed by atoms with Crippen molar-refractivity contribution in [3.05, 3.63) is 88.4 Å². The number of carbonyl (C=O) groups excluding carboxylic acids is 2. The fraction of sp³-hybridized carbons (Fsp3) is 0.286. The number of anilines is 1. The van der Waals surface area contributed by atoms with Gasteiger partial charge in [0.1, 0.15) is 12.4 Å². The van der Waals surface area contributed by atoms with Crippen LogP contribution >= 0.6 is 11.3 Å². The zero-order valence-electron chi connectivity index (χ0n) is 21.3. The molecule has 0 atom stereocenters. The smallest absolute Gasteiger partial charge is 0.322 e. The third-order valence-electron chi connectivity index (χ3n) is 5.65. The fourth-order valence-electron chi connectivity index (χ4n) is 3.76. The molecule has 0 radical (unpaired) electrons. The predicted octanol–water partition coefficient (Wildman–Crippen LogP) is 5.50. The number of aryl methyl sites for hydroxylation is 1. The number of thiophene rings is 1. The van der Waals surface area contributed by atoms with E-state index in [0.717, 1.165) is 15.3 Å². The van der Waals surface area contributed by atoms with Gasteiger partial charge in [-0.05, 0) is 61.4 Å². The van der Waals surface area contributed by atoms with Crippen LogP contribution in [0.5, 0.6) is 11.5 Å². The van der Waals surface area contributed by atoms with Gasteiger partial charge in [0.05, 0.1) is 20.8 Å².